The van der Waals surface area contributed by atoms with Crippen LogP contribution in [0.4, 0.5) is 0 Å². The smallest absolute Gasteiger partial charge is 0.0302 e. The molecule has 0 radical (unpaired) electrons. The molecule has 1 N–H and O–H groups in total. The minimum Gasteiger partial charge on any atom is -0.309 e. The van der Waals surface area contributed by atoms with Gasteiger partial charge in [-0.05, 0) is 35.3 Å². The molecule has 0 bridgehead atoms. The van der Waals surface area contributed by atoms with Crippen LogP contribution in [0.15, 0.2) is 15.9 Å². The van der Waals surface area contributed by atoms with Crippen molar-refractivity contribution in [2.45, 2.75) is 39.3 Å². The van der Waals surface area contributed by atoms with Gasteiger partial charge in [-0.2, -0.15) is 0 Å². The summed E-state index contributed by atoms with van der Waals surface area (Å²) in [4.78, 5) is 1.40. The Morgan fingerprint density at radius 1 is 1.62 bits per heavy atom. The van der Waals surface area contributed by atoms with Crippen molar-refractivity contribution in [3.05, 3.63) is 20.8 Å². The van der Waals surface area contributed by atoms with Gasteiger partial charge < -0.3 is 5.32 Å². The van der Waals surface area contributed by atoms with Gasteiger partial charge in [0.25, 0.3) is 0 Å². The molecule has 1 heterocycles. The van der Waals surface area contributed by atoms with Crippen molar-refractivity contribution in [3.8, 4) is 0 Å². The van der Waals surface area contributed by atoms with Crippen LogP contribution in [0.25, 0.3) is 0 Å². The molecule has 1 aromatic heterocycles. The molecule has 0 spiro atoms. The van der Waals surface area contributed by atoms with Gasteiger partial charge in [-0.25, -0.2) is 0 Å². The van der Waals surface area contributed by atoms with E-state index < -0.39 is 0 Å². The zero-order valence-corrected chi connectivity index (χ0v) is 10.5. The van der Waals surface area contributed by atoms with E-state index in [2.05, 4.69) is 46.5 Å². The van der Waals surface area contributed by atoms with Crippen LogP contribution in [0.3, 0.4) is 0 Å². The summed E-state index contributed by atoms with van der Waals surface area (Å²) < 4.78 is 1.19. The van der Waals surface area contributed by atoms with E-state index >= 15 is 0 Å². The molecule has 0 aromatic carbocycles. The van der Waals surface area contributed by atoms with Crippen molar-refractivity contribution in [1.82, 2.24) is 5.32 Å². The zero-order valence-electron chi connectivity index (χ0n) is 8.14. The van der Waals surface area contributed by atoms with Gasteiger partial charge in [0.1, 0.15) is 0 Å². The maximum absolute atomic E-state index is 3.50. The Bertz CT molecular complexity index is 247. The third-order valence-corrected chi connectivity index (χ3v) is 3.67. The topological polar surface area (TPSA) is 12.0 Å². The monoisotopic (exact) mass is 261 g/mol. The molecular weight excluding hydrogens is 246 g/mol. The highest BCUT2D eigenvalue weighted by Crippen LogP contribution is 2.19. The molecule has 74 valence electrons. The van der Waals surface area contributed by atoms with Gasteiger partial charge in [-0.3, -0.25) is 0 Å². The molecule has 1 unspecified atom stereocenters. The molecule has 0 aliphatic carbocycles. The number of hydrogen-bond acceptors (Lipinski definition) is 2. The Kier molecular flexibility index (Phi) is 4.99. The van der Waals surface area contributed by atoms with Gasteiger partial charge in [0, 0.05) is 27.3 Å². The fourth-order valence-corrected chi connectivity index (χ4v) is 2.66. The number of nitrogens with one attached hydrogen (secondary N) is 1. The highest BCUT2D eigenvalue weighted by atomic mass is 79.9. The van der Waals surface area contributed by atoms with Crippen molar-refractivity contribution in [2.75, 3.05) is 0 Å². The van der Waals surface area contributed by atoms with E-state index in [1.165, 1.54) is 22.2 Å². The highest BCUT2D eigenvalue weighted by Gasteiger charge is 2.01. The third kappa shape index (κ3) is 4.25. The molecule has 0 fully saturated rings. The summed E-state index contributed by atoms with van der Waals surface area (Å²) in [5, 5.41) is 5.63. The lowest BCUT2D eigenvalue weighted by atomic mass is 10.2. The molecule has 1 nitrogen and oxygen atoms in total. The predicted molar refractivity (Wildman–Crippen MR) is 63.2 cm³/mol. The Hall–Kier alpha value is 0.140. The average molecular weight is 262 g/mol. The lowest BCUT2D eigenvalue weighted by molar-refractivity contribution is 0.511. The maximum atomic E-state index is 3.50. The summed E-state index contributed by atoms with van der Waals surface area (Å²) >= 11 is 5.25. The summed E-state index contributed by atoms with van der Waals surface area (Å²) in [5.74, 6) is 0. The Labute approximate surface area is 92.7 Å². The van der Waals surface area contributed by atoms with Crippen LogP contribution >= 0.6 is 27.3 Å². The maximum Gasteiger partial charge on any atom is 0.0302 e. The molecule has 0 saturated heterocycles. The first-order valence-corrected chi connectivity index (χ1v) is 6.36. The normalized spacial score (nSPS) is 13.2. The van der Waals surface area contributed by atoms with E-state index in [1.54, 1.807) is 11.3 Å². The van der Waals surface area contributed by atoms with Crippen molar-refractivity contribution < 1.29 is 0 Å². The molecule has 1 aromatic rings. The number of halogens is 1. The van der Waals surface area contributed by atoms with E-state index in [4.69, 9.17) is 0 Å². The van der Waals surface area contributed by atoms with Crippen LogP contribution in [0.1, 0.15) is 31.6 Å². The zero-order chi connectivity index (χ0) is 9.68. The van der Waals surface area contributed by atoms with E-state index in [0.717, 1.165) is 6.54 Å². The van der Waals surface area contributed by atoms with Crippen LogP contribution < -0.4 is 5.32 Å². The minimum absolute atomic E-state index is 0.630. The first-order chi connectivity index (χ1) is 6.22. The Balaban J connectivity index is 2.26. The van der Waals surface area contributed by atoms with Gasteiger partial charge in [0.2, 0.25) is 0 Å². The first kappa shape index (κ1) is 11.2. The Morgan fingerprint density at radius 2 is 2.38 bits per heavy atom. The minimum atomic E-state index is 0.630. The van der Waals surface area contributed by atoms with Crippen LogP contribution in [0, 0.1) is 0 Å². The number of hydrogen-bond donors (Lipinski definition) is 1. The molecule has 0 amide bonds. The van der Waals surface area contributed by atoms with Crippen molar-refractivity contribution in [3.63, 3.8) is 0 Å². The van der Waals surface area contributed by atoms with Crippen molar-refractivity contribution >= 4 is 27.3 Å². The quantitative estimate of drug-likeness (QED) is 0.851. The van der Waals surface area contributed by atoms with Crippen LogP contribution in [-0.4, -0.2) is 6.04 Å². The molecule has 13 heavy (non-hydrogen) atoms. The molecular formula is C10H16BrNS. The van der Waals surface area contributed by atoms with E-state index in [0.29, 0.717) is 6.04 Å². The Morgan fingerprint density at radius 3 is 2.92 bits per heavy atom. The first-order valence-electron chi connectivity index (χ1n) is 4.68. The summed E-state index contributed by atoms with van der Waals surface area (Å²) in [6, 6.07) is 2.81. The van der Waals surface area contributed by atoms with E-state index in [-0.39, 0.29) is 0 Å². The van der Waals surface area contributed by atoms with Crippen LogP contribution in [0.5, 0.6) is 0 Å². The highest BCUT2D eigenvalue weighted by molar-refractivity contribution is 9.10. The summed E-state index contributed by atoms with van der Waals surface area (Å²) in [6.07, 6.45) is 2.51. The van der Waals surface area contributed by atoms with Gasteiger partial charge in [-0.1, -0.05) is 13.3 Å². The van der Waals surface area contributed by atoms with Crippen molar-refractivity contribution in [2.24, 2.45) is 0 Å². The standard InChI is InChI=1S/C10H16BrNS/c1-3-4-8(2)12-6-10-5-9(11)7-13-10/h5,7-8,12H,3-4,6H2,1-2H3. The summed E-state index contributed by atoms with van der Waals surface area (Å²) in [5.41, 5.74) is 0. The third-order valence-electron chi connectivity index (χ3n) is 1.97. The van der Waals surface area contributed by atoms with E-state index in [1.807, 2.05) is 0 Å². The second-order valence-corrected chi connectivity index (χ2v) is 5.21. The molecule has 3 heteroatoms. The molecule has 1 rings (SSSR count). The van der Waals surface area contributed by atoms with Crippen molar-refractivity contribution in [1.29, 1.82) is 0 Å². The average Bonchev–Trinajstić information content (AvgIpc) is 2.49. The van der Waals surface area contributed by atoms with Gasteiger partial charge >= 0.3 is 0 Å². The molecule has 0 saturated carbocycles. The predicted octanol–water partition coefficient (Wildman–Crippen LogP) is 3.79. The summed E-state index contributed by atoms with van der Waals surface area (Å²) in [6.45, 7) is 5.46. The molecule has 1 atom stereocenters. The lowest BCUT2D eigenvalue weighted by Crippen LogP contribution is -2.24. The summed E-state index contributed by atoms with van der Waals surface area (Å²) in [7, 11) is 0. The fourth-order valence-electron chi connectivity index (χ4n) is 1.26. The largest absolute Gasteiger partial charge is 0.309 e. The van der Waals surface area contributed by atoms with Crippen LogP contribution in [0.2, 0.25) is 0 Å². The molecule has 0 aliphatic heterocycles. The SMILES string of the molecule is CCCC(C)NCc1cc(Br)cs1. The number of thiophene rings is 1. The van der Waals surface area contributed by atoms with Gasteiger partial charge in [0.15, 0.2) is 0 Å². The van der Waals surface area contributed by atoms with Gasteiger partial charge in [0.05, 0.1) is 0 Å². The second kappa shape index (κ2) is 5.78. The second-order valence-electron chi connectivity index (χ2n) is 3.30. The lowest BCUT2D eigenvalue weighted by Gasteiger charge is -2.10. The van der Waals surface area contributed by atoms with Crippen LogP contribution in [-0.2, 0) is 6.54 Å². The molecule has 0 aliphatic rings. The fraction of sp³-hybridized carbons (Fsp3) is 0.600. The van der Waals surface area contributed by atoms with E-state index in [9.17, 15) is 0 Å². The number of rotatable bonds is 5. The van der Waals surface area contributed by atoms with Gasteiger partial charge in [-0.15, -0.1) is 11.3 Å².